The molecule has 1 fully saturated rings. The summed E-state index contributed by atoms with van der Waals surface area (Å²) < 4.78 is 19.5. The summed E-state index contributed by atoms with van der Waals surface area (Å²) in [6.45, 7) is 2.03. The Bertz CT molecular complexity index is 1250. The van der Waals surface area contributed by atoms with Crippen molar-refractivity contribution in [2.45, 2.75) is 20.0 Å². The number of carbonyl (C=O) groups excluding carboxylic acids is 3. The van der Waals surface area contributed by atoms with Crippen molar-refractivity contribution in [2.75, 3.05) is 4.90 Å². The number of urea groups is 1. The minimum Gasteiger partial charge on any atom is -0.489 e. The van der Waals surface area contributed by atoms with Crippen LogP contribution >= 0.6 is 0 Å². The second kappa shape index (κ2) is 9.48. The third kappa shape index (κ3) is 4.82. The SMILES string of the molecule is CCc1ccc(N2C(=O)NC(=O)/C(=C/c3cccc(OCc4ccccc4F)c3)C2=O)cc1. The number of imide groups is 2. The molecule has 0 aliphatic carbocycles. The molecule has 0 aromatic heterocycles. The Balaban J connectivity index is 1.57. The number of nitrogens with zero attached hydrogens (tertiary/aromatic N) is 1. The number of nitrogens with one attached hydrogen (secondary N) is 1. The number of benzene rings is 3. The highest BCUT2D eigenvalue weighted by molar-refractivity contribution is 6.39. The number of ether oxygens (including phenoxy) is 1. The number of hydrogen-bond donors (Lipinski definition) is 1. The van der Waals surface area contributed by atoms with Crippen LogP contribution in [0.25, 0.3) is 6.08 Å². The topological polar surface area (TPSA) is 75.7 Å². The average molecular weight is 444 g/mol. The van der Waals surface area contributed by atoms with E-state index in [2.05, 4.69) is 5.32 Å². The maximum absolute atomic E-state index is 13.8. The lowest BCUT2D eigenvalue weighted by atomic mass is 10.1. The lowest BCUT2D eigenvalue weighted by Gasteiger charge is -2.26. The van der Waals surface area contributed by atoms with Gasteiger partial charge in [-0.1, -0.05) is 49.4 Å². The van der Waals surface area contributed by atoms with Gasteiger partial charge in [0.15, 0.2) is 0 Å². The van der Waals surface area contributed by atoms with Crippen molar-refractivity contribution in [2.24, 2.45) is 0 Å². The van der Waals surface area contributed by atoms with E-state index in [9.17, 15) is 18.8 Å². The number of carbonyl (C=O) groups is 3. The molecule has 1 N–H and O–H groups in total. The van der Waals surface area contributed by atoms with Gasteiger partial charge >= 0.3 is 6.03 Å². The summed E-state index contributed by atoms with van der Waals surface area (Å²) >= 11 is 0. The van der Waals surface area contributed by atoms with E-state index in [1.54, 1.807) is 54.6 Å². The largest absolute Gasteiger partial charge is 0.489 e. The molecule has 7 heteroatoms. The van der Waals surface area contributed by atoms with Crippen molar-refractivity contribution in [1.29, 1.82) is 0 Å². The van der Waals surface area contributed by atoms with Crippen LogP contribution in [0.1, 0.15) is 23.6 Å². The van der Waals surface area contributed by atoms with Crippen LogP contribution in [0.15, 0.2) is 78.4 Å². The van der Waals surface area contributed by atoms with Crippen LogP contribution < -0.4 is 15.0 Å². The predicted molar refractivity (Wildman–Crippen MR) is 122 cm³/mol. The van der Waals surface area contributed by atoms with Crippen LogP contribution in [-0.2, 0) is 22.6 Å². The van der Waals surface area contributed by atoms with Crippen LogP contribution in [0.4, 0.5) is 14.9 Å². The van der Waals surface area contributed by atoms with Gasteiger partial charge in [0.1, 0.15) is 23.7 Å². The fourth-order valence-electron chi connectivity index (χ4n) is 3.41. The summed E-state index contributed by atoms with van der Waals surface area (Å²) in [6.07, 6.45) is 2.22. The predicted octanol–water partition coefficient (Wildman–Crippen LogP) is 4.63. The molecule has 4 rings (SSSR count). The van der Waals surface area contributed by atoms with Crippen LogP contribution in [0.2, 0.25) is 0 Å². The molecule has 3 aromatic carbocycles. The molecule has 3 aromatic rings. The van der Waals surface area contributed by atoms with E-state index in [1.807, 2.05) is 19.1 Å². The molecular weight excluding hydrogens is 423 g/mol. The van der Waals surface area contributed by atoms with Gasteiger partial charge < -0.3 is 4.74 Å². The standard InChI is InChI=1S/C26H21FN2O4/c1-2-17-10-12-20(13-11-17)29-25(31)22(24(30)28-26(29)32)15-18-6-5-8-21(14-18)33-16-19-7-3-4-9-23(19)27/h3-15H,2,16H2,1H3,(H,28,30,32)/b22-15-. The lowest BCUT2D eigenvalue weighted by Crippen LogP contribution is -2.54. The van der Waals surface area contributed by atoms with Crippen molar-refractivity contribution < 1.29 is 23.5 Å². The van der Waals surface area contributed by atoms with Crippen LogP contribution in [0.3, 0.4) is 0 Å². The third-order valence-electron chi connectivity index (χ3n) is 5.23. The number of amides is 4. The zero-order valence-corrected chi connectivity index (χ0v) is 17.9. The molecule has 1 saturated heterocycles. The fraction of sp³-hybridized carbons (Fsp3) is 0.115. The molecule has 6 nitrogen and oxygen atoms in total. The van der Waals surface area contributed by atoms with Gasteiger partial charge in [-0.25, -0.2) is 14.1 Å². The molecule has 1 aliphatic rings. The van der Waals surface area contributed by atoms with Gasteiger partial charge in [0.05, 0.1) is 5.69 Å². The summed E-state index contributed by atoms with van der Waals surface area (Å²) in [5.41, 5.74) is 2.18. The van der Waals surface area contributed by atoms with Crippen LogP contribution in [0, 0.1) is 5.82 Å². The summed E-state index contributed by atoms with van der Waals surface area (Å²) in [6, 6.07) is 19.2. The van der Waals surface area contributed by atoms with Gasteiger partial charge in [-0.2, -0.15) is 0 Å². The zero-order valence-electron chi connectivity index (χ0n) is 17.9. The molecular formula is C26H21FN2O4. The first-order valence-electron chi connectivity index (χ1n) is 10.4. The molecule has 0 unspecified atom stereocenters. The van der Waals surface area contributed by atoms with Crippen LogP contribution in [-0.4, -0.2) is 17.8 Å². The lowest BCUT2D eigenvalue weighted by molar-refractivity contribution is -0.122. The minimum atomic E-state index is -0.798. The highest BCUT2D eigenvalue weighted by Crippen LogP contribution is 2.24. The molecule has 0 radical (unpaired) electrons. The summed E-state index contributed by atoms with van der Waals surface area (Å²) in [5.74, 6) is -1.41. The fourth-order valence-corrected chi connectivity index (χ4v) is 3.41. The normalized spacial score (nSPS) is 15.0. The number of halogens is 1. The van der Waals surface area contributed by atoms with E-state index in [0.29, 0.717) is 22.6 Å². The Morgan fingerprint density at radius 1 is 0.970 bits per heavy atom. The van der Waals surface area contributed by atoms with E-state index < -0.39 is 17.8 Å². The molecule has 1 aliphatic heterocycles. The first-order chi connectivity index (χ1) is 16.0. The van der Waals surface area contributed by atoms with E-state index in [-0.39, 0.29) is 18.0 Å². The Kier molecular flexibility index (Phi) is 6.31. The van der Waals surface area contributed by atoms with Crippen molar-refractivity contribution in [3.63, 3.8) is 0 Å². The molecule has 166 valence electrons. The number of barbiturate groups is 1. The summed E-state index contributed by atoms with van der Waals surface area (Å²) in [7, 11) is 0. The Morgan fingerprint density at radius 2 is 1.73 bits per heavy atom. The Labute approximate surface area is 190 Å². The molecule has 0 atom stereocenters. The number of anilines is 1. The quantitative estimate of drug-likeness (QED) is 0.444. The van der Waals surface area contributed by atoms with E-state index >= 15 is 0 Å². The monoisotopic (exact) mass is 444 g/mol. The second-order valence-electron chi connectivity index (χ2n) is 7.43. The van der Waals surface area contributed by atoms with Gasteiger partial charge in [0.25, 0.3) is 11.8 Å². The van der Waals surface area contributed by atoms with E-state index in [1.165, 1.54) is 12.1 Å². The summed E-state index contributed by atoms with van der Waals surface area (Å²) in [5, 5.41) is 2.21. The minimum absolute atomic E-state index is 0.0299. The van der Waals surface area contributed by atoms with Crippen molar-refractivity contribution in [3.8, 4) is 5.75 Å². The highest BCUT2D eigenvalue weighted by Gasteiger charge is 2.36. The molecule has 33 heavy (non-hydrogen) atoms. The van der Waals surface area contributed by atoms with Gasteiger partial charge in [0, 0.05) is 5.56 Å². The number of rotatable bonds is 6. The molecule has 1 heterocycles. The van der Waals surface area contributed by atoms with Gasteiger partial charge in [-0.05, 0) is 54.0 Å². The molecule has 0 saturated carbocycles. The number of hydrogen-bond acceptors (Lipinski definition) is 4. The van der Waals surface area contributed by atoms with Crippen molar-refractivity contribution >= 4 is 29.6 Å². The molecule has 0 bridgehead atoms. The maximum Gasteiger partial charge on any atom is 0.335 e. The molecule has 4 amide bonds. The Morgan fingerprint density at radius 3 is 2.45 bits per heavy atom. The average Bonchev–Trinajstić information content (AvgIpc) is 2.82. The van der Waals surface area contributed by atoms with Crippen molar-refractivity contribution in [3.05, 3.63) is 101 Å². The zero-order chi connectivity index (χ0) is 23.4. The van der Waals surface area contributed by atoms with Crippen molar-refractivity contribution in [1.82, 2.24) is 5.32 Å². The van der Waals surface area contributed by atoms with E-state index in [0.717, 1.165) is 16.9 Å². The van der Waals surface area contributed by atoms with Crippen LogP contribution in [0.5, 0.6) is 5.75 Å². The third-order valence-corrected chi connectivity index (χ3v) is 5.23. The first-order valence-corrected chi connectivity index (χ1v) is 10.4. The molecule has 0 spiro atoms. The second-order valence-corrected chi connectivity index (χ2v) is 7.43. The summed E-state index contributed by atoms with van der Waals surface area (Å²) in [4.78, 5) is 38.8. The van der Waals surface area contributed by atoms with Gasteiger partial charge in [-0.3, -0.25) is 14.9 Å². The maximum atomic E-state index is 13.8. The first kappa shape index (κ1) is 22.0. The van der Waals surface area contributed by atoms with Gasteiger partial charge in [-0.15, -0.1) is 0 Å². The smallest absolute Gasteiger partial charge is 0.335 e. The van der Waals surface area contributed by atoms with E-state index in [4.69, 9.17) is 4.74 Å². The highest BCUT2D eigenvalue weighted by atomic mass is 19.1. The Hall–Kier alpha value is -4.26. The van der Waals surface area contributed by atoms with Gasteiger partial charge in [0.2, 0.25) is 0 Å². The number of aryl methyl sites for hydroxylation is 1.